The van der Waals surface area contributed by atoms with Gasteiger partial charge in [0, 0.05) is 23.6 Å². The van der Waals surface area contributed by atoms with Gasteiger partial charge in [-0.1, -0.05) is 24.1 Å². The lowest BCUT2D eigenvalue weighted by Gasteiger charge is -2.04. The Bertz CT molecular complexity index is 865. The largest absolute Gasteiger partial charge is 0.321 e. The van der Waals surface area contributed by atoms with Crippen molar-refractivity contribution < 1.29 is 4.79 Å². The summed E-state index contributed by atoms with van der Waals surface area (Å²) in [7, 11) is 0. The number of amides is 1. The molecule has 1 amide bonds. The third kappa shape index (κ3) is 4.02. The van der Waals surface area contributed by atoms with Crippen LogP contribution < -0.4 is 5.32 Å². The molecule has 0 bridgehead atoms. The zero-order chi connectivity index (χ0) is 15.9. The van der Waals surface area contributed by atoms with Gasteiger partial charge in [-0.2, -0.15) is 0 Å². The Balaban J connectivity index is 1.76. The van der Waals surface area contributed by atoms with Crippen LogP contribution in [0.5, 0.6) is 0 Å². The van der Waals surface area contributed by atoms with Crippen LogP contribution >= 0.6 is 0 Å². The van der Waals surface area contributed by atoms with Crippen LogP contribution in [0.25, 0.3) is 0 Å². The number of hydrogen-bond donors (Lipinski definition) is 1. The van der Waals surface area contributed by atoms with Crippen LogP contribution in [-0.4, -0.2) is 15.9 Å². The van der Waals surface area contributed by atoms with E-state index in [-0.39, 0.29) is 5.91 Å². The van der Waals surface area contributed by atoms with Crippen molar-refractivity contribution in [3.63, 3.8) is 0 Å². The summed E-state index contributed by atoms with van der Waals surface area (Å²) in [5.41, 5.74) is 2.55. The molecule has 23 heavy (non-hydrogen) atoms. The number of carbonyl (C=O) groups excluding carboxylic acids is 1. The van der Waals surface area contributed by atoms with Gasteiger partial charge >= 0.3 is 0 Å². The second-order valence-electron chi connectivity index (χ2n) is 4.71. The van der Waals surface area contributed by atoms with Gasteiger partial charge in [0.05, 0.1) is 0 Å². The topological polar surface area (TPSA) is 54.9 Å². The summed E-state index contributed by atoms with van der Waals surface area (Å²) in [5, 5.41) is 2.81. The SMILES string of the molecule is O=C(Nc1cccc(C#Cc2ccccn2)c1)c1ccccn1. The summed E-state index contributed by atoms with van der Waals surface area (Å²) in [5.74, 6) is 5.77. The van der Waals surface area contributed by atoms with E-state index in [0.717, 1.165) is 5.56 Å². The summed E-state index contributed by atoms with van der Waals surface area (Å²) >= 11 is 0. The molecule has 0 aliphatic carbocycles. The summed E-state index contributed by atoms with van der Waals surface area (Å²) in [4.78, 5) is 20.3. The molecule has 110 valence electrons. The van der Waals surface area contributed by atoms with E-state index in [1.807, 2.05) is 42.5 Å². The Kier molecular flexibility index (Phi) is 4.41. The van der Waals surface area contributed by atoms with Crippen molar-refractivity contribution in [1.29, 1.82) is 0 Å². The maximum Gasteiger partial charge on any atom is 0.274 e. The smallest absolute Gasteiger partial charge is 0.274 e. The molecule has 0 fully saturated rings. The van der Waals surface area contributed by atoms with Crippen molar-refractivity contribution in [2.75, 3.05) is 5.32 Å². The van der Waals surface area contributed by atoms with Gasteiger partial charge in [-0.25, -0.2) is 4.98 Å². The maximum absolute atomic E-state index is 12.1. The zero-order valence-electron chi connectivity index (χ0n) is 12.2. The summed E-state index contributed by atoms with van der Waals surface area (Å²) < 4.78 is 0. The van der Waals surface area contributed by atoms with E-state index in [4.69, 9.17) is 0 Å². The average molecular weight is 299 g/mol. The second kappa shape index (κ2) is 7.01. The van der Waals surface area contributed by atoms with Gasteiger partial charge in [-0.3, -0.25) is 9.78 Å². The number of aromatic nitrogens is 2. The predicted molar refractivity (Wildman–Crippen MR) is 88.8 cm³/mol. The highest BCUT2D eigenvalue weighted by molar-refractivity contribution is 6.02. The van der Waals surface area contributed by atoms with E-state index in [1.54, 1.807) is 30.6 Å². The first-order valence-corrected chi connectivity index (χ1v) is 7.07. The van der Waals surface area contributed by atoms with Gasteiger partial charge in [0.15, 0.2) is 0 Å². The van der Waals surface area contributed by atoms with Crippen molar-refractivity contribution in [2.24, 2.45) is 0 Å². The normalized spacial score (nSPS) is 9.57. The lowest BCUT2D eigenvalue weighted by atomic mass is 10.2. The molecule has 3 aromatic rings. The Morgan fingerprint density at radius 3 is 2.43 bits per heavy atom. The number of anilines is 1. The zero-order valence-corrected chi connectivity index (χ0v) is 12.2. The van der Waals surface area contributed by atoms with Crippen LogP contribution in [0.2, 0.25) is 0 Å². The van der Waals surface area contributed by atoms with Gasteiger partial charge in [0.2, 0.25) is 0 Å². The predicted octanol–water partition coefficient (Wildman–Crippen LogP) is 3.13. The summed E-state index contributed by atoms with van der Waals surface area (Å²) in [6.07, 6.45) is 3.29. The fourth-order valence-corrected chi connectivity index (χ4v) is 1.94. The number of pyridine rings is 2. The quantitative estimate of drug-likeness (QED) is 0.740. The third-order valence-corrected chi connectivity index (χ3v) is 3.02. The molecule has 0 saturated heterocycles. The number of benzene rings is 1. The standard InChI is InChI=1S/C19H13N3O/c23-19(18-9-2-4-13-21-18)22-17-8-5-6-15(14-17)10-11-16-7-1-3-12-20-16/h1-9,12-14H,(H,22,23). The highest BCUT2D eigenvalue weighted by Crippen LogP contribution is 2.11. The first-order chi connectivity index (χ1) is 11.3. The van der Waals surface area contributed by atoms with Crippen LogP contribution in [-0.2, 0) is 0 Å². The highest BCUT2D eigenvalue weighted by Gasteiger charge is 2.06. The van der Waals surface area contributed by atoms with E-state index >= 15 is 0 Å². The van der Waals surface area contributed by atoms with Crippen LogP contribution in [0.1, 0.15) is 21.7 Å². The monoisotopic (exact) mass is 299 g/mol. The Morgan fingerprint density at radius 2 is 1.70 bits per heavy atom. The lowest BCUT2D eigenvalue weighted by Crippen LogP contribution is -2.13. The fourth-order valence-electron chi connectivity index (χ4n) is 1.94. The number of rotatable bonds is 2. The fraction of sp³-hybridized carbons (Fsp3) is 0. The number of carbonyl (C=O) groups is 1. The van der Waals surface area contributed by atoms with Gasteiger partial charge in [-0.05, 0) is 48.4 Å². The Hall–Kier alpha value is -3.45. The van der Waals surface area contributed by atoms with Crippen LogP contribution in [0.3, 0.4) is 0 Å². The van der Waals surface area contributed by atoms with Gasteiger partial charge in [-0.15, -0.1) is 0 Å². The minimum atomic E-state index is -0.250. The molecule has 0 saturated carbocycles. The van der Waals surface area contributed by atoms with Crippen LogP contribution in [0, 0.1) is 11.8 Å². The summed E-state index contributed by atoms with van der Waals surface area (Å²) in [6, 6.07) is 18.1. The molecule has 0 aliphatic heterocycles. The maximum atomic E-state index is 12.1. The molecule has 4 nitrogen and oxygen atoms in total. The van der Waals surface area contributed by atoms with E-state index in [1.165, 1.54) is 0 Å². The summed E-state index contributed by atoms with van der Waals surface area (Å²) in [6.45, 7) is 0. The number of hydrogen-bond acceptors (Lipinski definition) is 3. The van der Waals surface area contributed by atoms with Crippen LogP contribution in [0.4, 0.5) is 5.69 Å². The molecule has 3 rings (SSSR count). The van der Waals surface area contributed by atoms with E-state index in [9.17, 15) is 4.79 Å². The van der Waals surface area contributed by atoms with Crippen molar-refractivity contribution in [1.82, 2.24) is 9.97 Å². The van der Waals surface area contributed by atoms with Gasteiger partial charge in [0.25, 0.3) is 5.91 Å². The Labute approximate surface area is 134 Å². The minimum Gasteiger partial charge on any atom is -0.321 e. The van der Waals surface area contributed by atoms with Crippen molar-refractivity contribution in [3.05, 3.63) is 90.0 Å². The van der Waals surface area contributed by atoms with Crippen molar-refractivity contribution in [3.8, 4) is 11.8 Å². The van der Waals surface area contributed by atoms with Crippen molar-refractivity contribution in [2.45, 2.75) is 0 Å². The lowest BCUT2D eigenvalue weighted by molar-refractivity contribution is 0.102. The van der Waals surface area contributed by atoms with E-state index in [2.05, 4.69) is 27.1 Å². The molecule has 2 aromatic heterocycles. The third-order valence-electron chi connectivity index (χ3n) is 3.02. The molecular formula is C19H13N3O. The molecule has 0 aliphatic rings. The van der Waals surface area contributed by atoms with E-state index < -0.39 is 0 Å². The molecular weight excluding hydrogens is 286 g/mol. The molecule has 0 unspecified atom stereocenters. The molecule has 0 spiro atoms. The molecule has 0 radical (unpaired) electrons. The number of nitrogens with zero attached hydrogens (tertiary/aromatic N) is 2. The molecule has 2 heterocycles. The first kappa shape index (κ1) is 14.5. The number of nitrogens with one attached hydrogen (secondary N) is 1. The molecule has 1 aromatic carbocycles. The van der Waals surface area contributed by atoms with Crippen LogP contribution in [0.15, 0.2) is 73.1 Å². The molecule has 1 N–H and O–H groups in total. The minimum absolute atomic E-state index is 0.250. The molecule has 4 heteroatoms. The highest BCUT2D eigenvalue weighted by atomic mass is 16.1. The first-order valence-electron chi connectivity index (χ1n) is 7.07. The Morgan fingerprint density at radius 1 is 0.870 bits per heavy atom. The van der Waals surface area contributed by atoms with Gasteiger partial charge in [0.1, 0.15) is 11.4 Å². The van der Waals surface area contributed by atoms with E-state index in [0.29, 0.717) is 17.1 Å². The second-order valence-corrected chi connectivity index (χ2v) is 4.71. The average Bonchev–Trinajstić information content (AvgIpc) is 2.62. The van der Waals surface area contributed by atoms with Crippen molar-refractivity contribution >= 4 is 11.6 Å². The van der Waals surface area contributed by atoms with Gasteiger partial charge < -0.3 is 5.32 Å². The molecule has 0 atom stereocenters.